The van der Waals surface area contributed by atoms with E-state index >= 15 is 0 Å². The Kier molecular flexibility index (Phi) is 3.14. The lowest BCUT2D eigenvalue weighted by Crippen LogP contribution is -2.36. The largest absolute Gasteiger partial charge is 0.393 e. The van der Waals surface area contributed by atoms with Crippen LogP contribution in [0.2, 0.25) is 0 Å². The van der Waals surface area contributed by atoms with Gasteiger partial charge >= 0.3 is 0 Å². The molecule has 1 saturated heterocycles. The minimum Gasteiger partial charge on any atom is -0.393 e. The maximum atomic E-state index is 9.60. The summed E-state index contributed by atoms with van der Waals surface area (Å²) in [6.07, 6.45) is 5.16. The zero-order valence-corrected chi connectivity index (χ0v) is 11.5. The van der Waals surface area contributed by atoms with Crippen LogP contribution in [0.3, 0.4) is 0 Å². The average Bonchev–Trinajstić information content (AvgIpc) is 2.83. The van der Waals surface area contributed by atoms with Crippen molar-refractivity contribution in [2.75, 3.05) is 18.0 Å². The summed E-state index contributed by atoms with van der Waals surface area (Å²) in [5.74, 6) is 1.39. The van der Waals surface area contributed by atoms with Crippen LogP contribution in [0.5, 0.6) is 0 Å². The first kappa shape index (κ1) is 12.4. The van der Waals surface area contributed by atoms with Crippen LogP contribution in [0.25, 0.3) is 5.52 Å². The second-order valence-electron chi connectivity index (χ2n) is 5.52. The number of piperidine rings is 1. The van der Waals surface area contributed by atoms with Crippen molar-refractivity contribution in [2.45, 2.75) is 38.7 Å². The summed E-state index contributed by atoms with van der Waals surface area (Å²) in [6, 6.07) is 2.12. The summed E-state index contributed by atoms with van der Waals surface area (Å²) >= 11 is 0. The Morgan fingerprint density at radius 1 is 1.32 bits per heavy atom. The Morgan fingerprint density at radius 3 is 2.74 bits per heavy atom. The molecule has 2 aromatic heterocycles. The van der Waals surface area contributed by atoms with Crippen molar-refractivity contribution in [2.24, 2.45) is 0 Å². The number of aliphatic hydroxyl groups excluding tert-OH is 1. The minimum atomic E-state index is -0.160. The fraction of sp³-hybridized carbons (Fsp3) is 0.571. The number of rotatable bonds is 2. The maximum Gasteiger partial charge on any atom is 0.154 e. The highest BCUT2D eigenvalue weighted by atomic mass is 16.3. The van der Waals surface area contributed by atoms with E-state index in [1.165, 1.54) is 0 Å². The molecule has 2 aromatic rings. The fourth-order valence-electron chi connectivity index (χ4n) is 2.53. The van der Waals surface area contributed by atoms with Crippen molar-refractivity contribution in [3.8, 4) is 0 Å². The summed E-state index contributed by atoms with van der Waals surface area (Å²) in [7, 11) is 0. The summed E-state index contributed by atoms with van der Waals surface area (Å²) in [6.45, 7) is 6.00. The van der Waals surface area contributed by atoms with Gasteiger partial charge in [-0.15, -0.1) is 0 Å². The lowest BCUT2D eigenvalue weighted by atomic mass is 10.1. The maximum absolute atomic E-state index is 9.60. The van der Waals surface area contributed by atoms with E-state index in [1.54, 1.807) is 6.20 Å². The van der Waals surface area contributed by atoms with E-state index in [1.807, 2.05) is 10.7 Å². The number of hydrogen-bond donors (Lipinski definition) is 1. The van der Waals surface area contributed by atoms with Gasteiger partial charge in [-0.25, -0.2) is 9.50 Å². The number of hydrogen-bond acceptors (Lipinski definition) is 4. The van der Waals surface area contributed by atoms with Gasteiger partial charge in [0.25, 0.3) is 0 Å². The number of nitrogens with zero attached hydrogens (tertiary/aromatic N) is 4. The molecule has 3 heterocycles. The van der Waals surface area contributed by atoms with Crippen LogP contribution in [-0.4, -0.2) is 38.9 Å². The fourth-order valence-corrected chi connectivity index (χ4v) is 2.53. The van der Waals surface area contributed by atoms with E-state index in [0.717, 1.165) is 43.0 Å². The van der Waals surface area contributed by atoms with E-state index in [4.69, 9.17) is 0 Å². The van der Waals surface area contributed by atoms with Gasteiger partial charge in [0.05, 0.1) is 11.8 Å². The van der Waals surface area contributed by atoms with Crippen LogP contribution in [0.4, 0.5) is 5.82 Å². The molecule has 5 heteroatoms. The third kappa shape index (κ3) is 2.30. The van der Waals surface area contributed by atoms with Crippen LogP contribution in [0, 0.1) is 0 Å². The van der Waals surface area contributed by atoms with E-state index < -0.39 is 0 Å². The highest BCUT2D eigenvalue weighted by molar-refractivity contribution is 5.69. The van der Waals surface area contributed by atoms with Gasteiger partial charge in [-0.1, -0.05) is 13.8 Å². The molecule has 1 aliphatic heterocycles. The molecule has 0 amide bonds. The molecule has 0 spiro atoms. The molecule has 0 unspecified atom stereocenters. The molecule has 1 aliphatic rings. The van der Waals surface area contributed by atoms with Gasteiger partial charge < -0.3 is 10.0 Å². The van der Waals surface area contributed by atoms with Gasteiger partial charge in [-0.2, -0.15) is 5.10 Å². The van der Waals surface area contributed by atoms with Gasteiger partial charge in [0, 0.05) is 25.5 Å². The molecule has 0 aromatic carbocycles. The number of anilines is 1. The summed E-state index contributed by atoms with van der Waals surface area (Å²) in [5, 5.41) is 14.2. The van der Waals surface area contributed by atoms with Gasteiger partial charge in [-0.05, 0) is 24.8 Å². The van der Waals surface area contributed by atoms with Crippen LogP contribution < -0.4 is 4.90 Å². The van der Waals surface area contributed by atoms with Crippen molar-refractivity contribution >= 4 is 11.3 Å². The Balaban J connectivity index is 1.98. The molecule has 0 radical (unpaired) electrons. The third-order valence-corrected chi connectivity index (χ3v) is 3.74. The van der Waals surface area contributed by atoms with E-state index in [-0.39, 0.29) is 6.10 Å². The lowest BCUT2D eigenvalue weighted by molar-refractivity contribution is 0.145. The molecule has 0 aliphatic carbocycles. The standard InChI is InChI=1S/C14H20N4O/c1-10(2)12-9-13-14(15-5-8-18(13)16-12)17-6-3-11(19)4-7-17/h5,8-11,19H,3-4,6-7H2,1-2H3. The number of aliphatic hydroxyl groups is 1. The summed E-state index contributed by atoms with van der Waals surface area (Å²) in [5.41, 5.74) is 2.15. The molecule has 5 nitrogen and oxygen atoms in total. The van der Waals surface area contributed by atoms with Crippen LogP contribution in [0.1, 0.15) is 38.3 Å². The van der Waals surface area contributed by atoms with Gasteiger partial charge in [0.2, 0.25) is 0 Å². The molecular weight excluding hydrogens is 240 g/mol. The molecule has 0 atom stereocenters. The van der Waals surface area contributed by atoms with Crippen molar-refractivity contribution in [1.29, 1.82) is 0 Å². The first-order valence-corrected chi connectivity index (χ1v) is 6.92. The van der Waals surface area contributed by atoms with E-state index in [0.29, 0.717) is 5.92 Å². The molecule has 19 heavy (non-hydrogen) atoms. The first-order valence-electron chi connectivity index (χ1n) is 6.92. The topological polar surface area (TPSA) is 53.7 Å². The first-order chi connectivity index (χ1) is 9.15. The molecule has 1 N–H and O–H groups in total. The zero-order chi connectivity index (χ0) is 13.4. The third-order valence-electron chi connectivity index (χ3n) is 3.74. The van der Waals surface area contributed by atoms with Crippen LogP contribution in [0.15, 0.2) is 18.5 Å². The predicted molar refractivity (Wildman–Crippen MR) is 74.5 cm³/mol. The Morgan fingerprint density at radius 2 is 2.05 bits per heavy atom. The second kappa shape index (κ2) is 4.81. The number of fused-ring (bicyclic) bond motifs is 1. The SMILES string of the molecule is CC(C)c1cc2c(N3CCC(O)CC3)nccn2n1. The average molecular weight is 260 g/mol. The molecule has 1 fully saturated rings. The quantitative estimate of drug-likeness (QED) is 0.895. The highest BCUT2D eigenvalue weighted by Crippen LogP contribution is 2.25. The van der Waals surface area contributed by atoms with E-state index in [2.05, 4.69) is 34.9 Å². The van der Waals surface area contributed by atoms with Crippen LogP contribution in [-0.2, 0) is 0 Å². The monoisotopic (exact) mass is 260 g/mol. The van der Waals surface area contributed by atoms with E-state index in [9.17, 15) is 5.11 Å². The molecule has 0 bridgehead atoms. The normalized spacial score (nSPS) is 17.6. The molecule has 3 rings (SSSR count). The van der Waals surface area contributed by atoms with Crippen molar-refractivity contribution in [3.05, 3.63) is 24.2 Å². The molecule has 102 valence electrons. The minimum absolute atomic E-state index is 0.160. The van der Waals surface area contributed by atoms with Gasteiger partial charge in [0.15, 0.2) is 5.82 Å². The molecule has 0 saturated carbocycles. The Hall–Kier alpha value is -1.62. The van der Waals surface area contributed by atoms with Crippen LogP contribution >= 0.6 is 0 Å². The van der Waals surface area contributed by atoms with Gasteiger partial charge in [-0.3, -0.25) is 0 Å². The van der Waals surface area contributed by atoms with Gasteiger partial charge in [0.1, 0.15) is 5.52 Å². The second-order valence-corrected chi connectivity index (χ2v) is 5.52. The predicted octanol–water partition coefficient (Wildman–Crippen LogP) is 1.81. The molecular formula is C14H20N4O. The van der Waals surface area contributed by atoms with Crippen molar-refractivity contribution in [3.63, 3.8) is 0 Å². The zero-order valence-electron chi connectivity index (χ0n) is 11.5. The van der Waals surface area contributed by atoms with Crippen molar-refractivity contribution < 1.29 is 5.11 Å². The summed E-state index contributed by atoms with van der Waals surface area (Å²) < 4.78 is 1.91. The Labute approximate surface area is 112 Å². The smallest absolute Gasteiger partial charge is 0.154 e. The highest BCUT2D eigenvalue weighted by Gasteiger charge is 2.20. The summed E-state index contributed by atoms with van der Waals surface area (Å²) in [4.78, 5) is 6.76. The van der Waals surface area contributed by atoms with Crippen molar-refractivity contribution in [1.82, 2.24) is 14.6 Å². The lowest BCUT2D eigenvalue weighted by Gasteiger charge is -2.30. The number of aromatic nitrogens is 3. The Bertz CT molecular complexity index is 570.